The Kier molecular flexibility index (Phi) is 4.48. The molecule has 0 aromatic heterocycles. The molecule has 0 bridgehead atoms. The normalized spacial score (nSPS) is 10.9. The summed E-state index contributed by atoms with van der Waals surface area (Å²) in [6.07, 6.45) is 1.29. The van der Waals surface area contributed by atoms with Crippen molar-refractivity contribution >= 4 is 11.8 Å². The molecule has 1 aromatic rings. The molecule has 1 aromatic carbocycles. The summed E-state index contributed by atoms with van der Waals surface area (Å²) >= 11 is 0. The minimum absolute atomic E-state index is 0.273. The molecule has 0 saturated heterocycles. The first-order chi connectivity index (χ1) is 8.45. The molecule has 0 saturated carbocycles. The van der Waals surface area contributed by atoms with E-state index in [0.29, 0.717) is 11.3 Å². The Balaban J connectivity index is 3.06. The summed E-state index contributed by atoms with van der Waals surface area (Å²) in [6.45, 7) is 0. The van der Waals surface area contributed by atoms with Crippen LogP contribution in [0.2, 0.25) is 0 Å². The standard InChI is InChI=1S/C13H15NO4/c1-14(2)8-11(13(16)17)12(15)9-4-6-10(18-3)7-5-9/h4-8H,1-3H3,(H,16,17). The minimum atomic E-state index is -1.25. The first kappa shape index (κ1) is 13.8. The highest BCUT2D eigenvalue weighted by atomic mass is 16.5. The van der Waals surface area contributed by atoms with Crippen LogP contribution in [-0.2, 0) is 4.79 Å². The molecule has 0 aliphatic rings. The van der Waals surface area contributed by atoms with Crippen LogP contribution in [0, 0.1) is 0 Å². The topological polar surface area (TPSA) is 66.8 Å². The SMILES string of the molecule is COc1ccc(C(=O)C(=CN(C)C)C(=O)O)cc1. The Morgan fingerprint density at radius 3 is 2.17 bits per heavy atom. The first-order valence-electron chi connectivity index (χ1n) is 5.26. The average Bonchev–Trinajstić information content (AvgIpc) is 2.34. The quantitative estimate of drug-likeness (QED) is 0.370. The first-order valence-corrected chi connectivity index (χ1v) is 5.26. The highest BCUT2D eigenvalue weighted by Gasteiger charge is 2.19. The molecule has 5 heteroatoms. The van der Waals surface area contributed by atoms with E-state index in [-0.39, 0.29) is 5.57 Å². The molecule has 0 atom stereocenters. The van der Waals surface area contributed by atoms with E-state index in [9.17, 15) is 9.59 Å². The number of hydrogen-bond donors (Lipinski definition) is 1. The predicted molar refractivity (Wildman–Crippen MR) is 66.7 cm³/mol. The van der Waals surface area contributed by atoms with Gasteiger partial charge in [0.05, 0.1) is 7.11 Å². The number of carboxylic acid groups (broad SMARTS) is 1. The second kappa shape index (κ2) is 5.86. The second-order valence-electron chi connectivity index (χ2n) is 3.87. The molecule has 0 unspecified atom stereocenters. The number of carbonyl (C=O) groups excluding carboxylic acids is 1. The summed E-state index contributed by atoms with van der Waals surface area (Å²) in [5.41, 5.74) is 0.0384. The number of carbonyl (C=O) groups is 2. The number of Topliss-reactive ketones (excluding diaryl/α,β-unsaturated/α-hetero) is 1. The number of carboxylic acids is 1. The minimum Gasteiger partial charge on any atom is -0.497 e. The maximum Gasteiger partial charge on any atom is 0.341 e. The van der Waals surface area contributed by atoms with Gasteiger partial charge in [0.25, 0.3) is 0 Å². The van der Waals surface area contributed by atoms with Crippen LogP contribution in [0.1, 0.15) is 10.4 Å². The maximum atomic E-state index is 12.0. The molecule has 0 fully saturated rings. The molecule has 0 amide bonds. The van der Waals surface area contributed by atoms with E-state index in [1.54, 1.807) is 26.2 Å². The van der Waals surface area contributed by atoms with Crippen LogP contribution < -0.4 is 4.74 Å². The Morgan fingerprint density at radius 1 is 1.22 bits per heavy atom. The molecule has 0 aliphatic carbocycles. The molecule has 0 radical (unpaired) electrons. The number of rotatable bonds is 5. The smallest absolute Gasteiger partial charge is 0.341 e. The van der Waals surface area contributed by atoms with E-state index in [0.717, 1.165) is 0 Å². The zero-order valence-electron chi connectivity index (χ0n) is 10.5. The van der Waals surface area contributed by atoms with Crippen LogP contribution in [0.5, 0.6) is 5.75 Å². The highest BCUT2D eigenvalue weighted by Crippen LogP contribution is 2.15. The molecule has 0 spiro atoms. The molecular weight excluding hydrogens is 234 g/mol. The van der Waals surface area contributed by atoms with Gasteiger partial charge in [-0.2, -0.15) is 0 Å². The number of benzene rings is 1. The lowest BCUT2D eigenvalue weighted by Crippen LogP contribution is -2.16. The van der Waals surface area contributed by atoms with Crippen LogP contribution in [0.25, 0.3) is 0 Å². The average molecular weight is 249 g/mol. The van der Waals surface area contributed by atoms with Gasteiger partial charge in [0.2, 0.25) is 5.78 Å². The molecule has 1 rings (SSSR count). The van der Waals surface area contributed by atoms with Crippen LogP contribution in [0.15, 0.2) is 36.0 Å². The van der Waals surface area contributed by atoms with Crippen molar-refractivity contribution < 1.29 is 19.4 Å². The van der Waals surface area contributed by atoms with Crippen molar-refractivity contribution in [2.75, 3.05) is 21.2 Å². The van der Waals surface area contributed by atoms with Crippen molar-refractivity contribution in [1.82, 2.24) is 4.90 Å². The molecule has 18 heavy (non-hydrogen) atoms. The lowest BCUT2D eigenvalue weighted by Gasteiger charge is -2.08. The zero-order valence-corrected chi connectivity index (χ0v) is 10.5. The number of ketones is 1. The molecule has 5 nitrogen and oxygen atoms in total. The molecule has 1 N–H and O–H groups in total. The number of nitrogens with zero attached hydrogens (tertiary/aromatic N) is 1. The van der Waals surface area contributed by atoms with E-state index >= 15 is 0 Å². The molecule has 0 aliphatic heterocycles. The van der Waals surface area contributed by atoms with Gasteiger partial charge in [0.15, 0.2) is 0 Å². The Bertz CT molecular complexity index is 474. The van der Waals surface area contributed by atoms with Crippen molar-refractivity contribution in [2.45, 2.75) is 0 Å². The van der Waals surface area contributed by atoms with Crippen LogP contribution in [0.3, 0.4) is 0 Å². The Labute approximate surface area is 105 Å². The predicted octanol–water partition coefficient (Wildman–Crippen LogP) is 1.41. The van der Waals surface area contributed by atoms with Crippen molar-refractivity contribution in [3.8, 4) is 5.75 Å². The van der Waals surface area contributed by atoms with Crippen LogP contribution in [-0.4, -0.2) is 43.0 Å². The summed E-state index contributed by atoms with van der Waals surface area (Å²) in [4.78, 5) is 24.6. The third-order valence-electron chi connectivity index (χ3n) is 2.21. The lowest BCUT2D eigenvalue weighted by atomic mass is 10.0. The van der Waals surface area contributed by atoms with Gasteiger partial charge in [0, 0.05) is 25.9 Å². The fourth-order valence-corrected chi connectivity index (χ4v) is 1.37. The van der Waals surface area contributed by atoms with Gasteiger partial charge in [-0.1, -0.05) is 0 Å². The van der Waals surface area contributed by atoms with E-state index in [1.165, 1.54) is 30.3 Å². The van der Waals surface area contributed by atoms with Gasteiger partial charge in [-0.15, -0.1) is 0 Å². The zero-order chi connectivity index (χ0) is 13.7. The number of hydrogen-bond acceptors (Lipinski definition) is 4. The summed E-state index contributed by atoms with van der Waals surface area (Å²) in [5.74, 6) is -1.16. The lowest BCUT2D eigenvalue weighted by molar-refractivity contribution is -0.132. The summed E-state index contributed by atoms with van der Waals surface area (Å²) in [5, 5.41) is 9.01. The van der Waals surface area contributed by atoms with Crippen LogP contribution >= 0.6 is 0 Å². The number of aliphatic carboxylic acids is 1. The second-order valence-corrected chi connectivity index (χ2v) is 3.87. The summed E-state index contributed by atoms with van der Waals surface area (Å²) in [6, 6.07) is 6.30. The van der Waals surface area contributed by atoms with Crippen molar-refractivity contribution in [2.24, 2.45) is 0 Å². The van der Waals surface area contributed by atoms with Gasteiger partial charge in [-0.3, -0.25) is 4.79 Å². The number of methoxy groups -OCH3 is 1. The molecular formula is C13H15NO4. The van der Waals surface area contributed by atoms with E-state index < -0.39 is 11.8 Å². The van der Waals surface area contributed by atoms with E-state index in [4.69, 9.17) is 9.84 Å². The van der Waals surface area contributed by atoms with Gasteiger partial charge in [-0.25, -0.2) is 4.79 Å². The molecule has 96 valence electrons. The van der Waals surface area contributed by atoms with Crippen molar-refractivity contribution in [3.63, 3.8) is 0 Å². The van der Waals surface area contributed by atoms with Crippen molar-refractivity contribution in [3.05, 3.63) is 41.6 Å². The highest BCUT2D eigenvalue weighted by molar-refractivity contribution is 6.23. The fraction of sp³-hybridized carbons (Fsp3) is 0.231. The van der Waals surface area contributed by atoms with Crippen LogP contribution in [0.4, 0.5) is 0 Å². The van der Waals surface area contributed by atoms with Gasteiger partial charge in [0.1, 0.15) is 11.3 Å². The van der Waals surface area contributed by atoms with Gasteiger partial charge < -0.3 is 14.7 Å². The van der Waals surface area contributed by atoms with E-state index in [1.807, 2.05) is 0 Å². The third-order valence-corrected chi connectivity index (χ3v) is 2.21. The Morgan fingerprint density at radius 2 is 1.78 bits per heavy atom. The maximum absolute atomic E-state index is 12.0. The monoisotopic (exact) mass is 249 g/mol. The summed E-state index contributed by atoms with van der Waals surface area (Å²) < 4.78 is 4.97. The van der Waals surface area contributed by atoms with E-state index in [2.05, 4.69) is 0 Å². The fourth-order valence-electron chi connectivity index (χ4n) is 1.37. The molecule has 0 heterocycles. The largest absolute Gasteiger partial charge is 0.497 e. The number of ether oxygens (including phenoxy) is 1. The van der Waals surface area contributed by atoms with Gasteiger partial charge in [-0.05, 0) is 24.3 Å². The third kappa shape index (κ3) is 3.35. The van der Waals surface area contributed by atoms with Gasteiger partial charge >= 0.3 is 5.97 Å². The Hall–Kier alpha value is -2.30. The van der Waals surface area contributed by atoms with Crippen molar-refractivity contribution in [1.29, 1.82) is 0 Å². The summed E-state index contributed by atoms with van der Waals surface area (Å²) in [7, 11) is 4.83.